The van der Waals surface area contributed by atoms with E-state index >= 15 is 0 Å². The van der Waals surface area contributed by atoms with Crippen LogP contribution in [0.25, 0.3) is 0 Å². The summed E-state index contributed by atoms with van der Waals surface area (Å²) in [6.07, 6.45) is -0.332. The van der Waals surface area contributed by atoms with Crippen molar-refractivity contribution in [2.75, 3.05) is 14.2 Å². The van der Waals surface area contributed by atoms with Gasteiger partial charge in [-0.15, -0.1) is 0 Å². The van der Waals surface area contributed by atoms with Crippen LogP contribution in [-0.4, -0.2) is 19.3 Å². The van der Waals surface area contributed by atoms with Crippen molar-refractivity contribution in [1.82, 2.24) is 0 Å². The number of hydrogen-bond donors (Lipinski definition) is 1. The zero-order valence-corrected chi connectivity index (χ0v) is 13.3. The zero-order chi connectivity index (χ0) is 15.4. The van der Waals surface area contributed by atoms with E-state index in [9.17, 15) is 5.11 Å². The van der Waals surface area contributed by atoms with Gasteiger partial charge >= 0.3 is 0 Å². The molecule has 0 saturated carbocycles. The fraction of sp³-hybridized carbons (Fsp3) is 0.250. The molecule has 0 saturated heterocycles. The zero-order valence-electron chi connectivity index (χ0n) is 11.8. The maximum Gasteiger partial charge on any atom is 0.147 e. The number of halogens is 2. The highest BCUT2D eigenvalue weighted by atomic mass is 35.5. The molecule has 0 spiro atoms. The molecule has 0 aromatic heterocycles. The maximum absolute atomic E-state index is 10.4. The number of methoxy groups -OCH3 is 2. The second-order valence-electron chi connectivity index (χ2n) is 4.55. The Hall–Kier alpha value is -1.42. The predicted molar refractivity (Wildman–Crippen MR) is 84.7 cm³/mol. The smallest absolute Gasteiger partial charge is 0.147 e. The van der Waals surface area contributed by atoms with E-state index in [-0.39, 0.29) is 0 Å². The van der Waals surface area contributed by atoms with Crippen molar-refractivity contribution in [3.63, 3.8) is 0 Å². The molecule has 0 radical (unpaired) electrons. The molecule has 0 heterocycles. The van der Waals surface area contributed by atoms with Crippen LogP contribution in [-0.2, 0) is 6.42 Å². The summed E-state index contributed by atoms with van der Waals surface area (Å²) in [6.45, 7) is 0. The van der Waals surface area contributed by atoms with Crippen molar-refractivity contribution in [3.8, 4) is 11.5 Å². The van der Waals surface area contributed by atoms with Crippen LogP contribution in [0, 0.1) is 0 Å². The Labute approximate surface area is 134 Å². The lowest BCUT2D eigenvalue weighted by Gasteiger charge is -2.17. The number of hydrogen-bond acceptors (Lipinski definition) is 3. The third kappa shape index (κ3) is 3.62. The summed E-state index contributed by atoms with van der Waals surface area (Å²) < 4.78 is 10.4. The molecule has 0 amide bonds. The molecule has 0 bridgehead atoms. The standard InChI is InChI=1S/C16H16Cl2O3/c1-20-14-7-6-12(16(21-2)15(14)18)13(19)9-10-4-3-5-11(17)8-10/h3-8,13,19H,9H2,1-2H3. The summed E-state index contributed by atoms with van der Waals surface area (Å²) in [4.78, 5) is 0. The molecule has 0 fully saturated rings. The Morgan fingerprint density at radius 2 is 1.86 bits per heavy atom. The monoisotopic (exact) mass is 326 g/mol. The van der Waals surface area contributed by atoms with E-state index in [1.54, 1.807) is 18.2 Å². The van der Waals surface area contributed by atoms with Crippen molar-refractivity contribution < 1.29 is 14.6 Å². The van der Waals surface area contributed by atoms with E-state index in [4.69, 9.17) is 32.7 Å². The fourth-order valence-corrected chi connectivity index (χ4v) is 2.72. The first kappa shape index (κ1) is 16.0. The van der Waals surface area contributed by atoms with Gasteiger partial charge in [0.05, 0.1) is 20.3 Å². The second kappa shape index (κ2) is 7.03. The molecule has 21 heavy (non-hydrogen) atoms. The minimum atomic E-state index is -0.748. The molecule has 0 aliphatic rings. The van der Waals surface area contributed by atoms with E-state index in [0.717, 1.165) is 5.56 Å². The molecule has 0 aliphatic heterocycles. The number of aliphatic hydroxyl groups is 1. The van der Waals surface area contributed by atoms with Crippen LogP contribution in [0.1, 0.15) is 17.2 Å². The quantitative estimate of drug-likeness (QED) is 0.890. The van der Waals surface area contributed by atoms with Gasteiger partial charge < -0.3 is 14.6 Å². The van der Waals surface area contributed by atoms with E-state index in [1.807, 2.05) is 18.2 Å². The lowest BCUT2D eigenvalue weighted by molar-refractivity contribution is 0.174. The summed E-state index contributed by atoms with van der Waals surface area (Å²) in [5.41, 5.74) is 1.55. The second-order valence-corrected chi connectivity index (χ2v) is 5.37. The Bertz CT molecular complexity index is 629. The van der Waals surface area contributed by atoms with Crippen molar-refractivity contribution in [3.05, 3.63) is 57.6 Å². The molecule has 2 aromatic carbocycles. The summed E-state index contributed by atoms with van der Waals surface area (Å²) in [7, 11) is 3.04. The maximum atomic E-state index is 10.4. The Kier molecular flexibility index (Phi) is 5.34. The average molecular weight is 327 g/mol. The highest BCUT2D eigenvalue weighted by Gasteiger charge is 2.19. The largest absolute Gasteiger partial charge is 0.495 e. The van der Waals surface area contributed by atoms with Gasteiger partial charge in [0, 0.05) is 17.0 Å². The van der Waals surface area contributed by atoms with E-state index < -0.39 is 6.10 Å². The minimum Gasteiger partial charge on any atom is -0.495 e. The van der Waals surface area contributed by atoms with Gasteiger partial charge in [-0.1, -0.05) is 35.3 Å². The number of benzene rings is 2. The lowest BCUT2D eigenvalue weighted by Crippen LogP contribution is -2.05. The van der Waals surface area contributed by atoms with Gasteiger partial charge in [0.25, 0.3) is 0 Å². The highest BCUT2D eigenvalue weighted by molar-refractivity contribution is 6.33. The van der Waals surface area contributed by atoms with Gasteiger partial charge in [0.15, 0.2) is 0 Å². The molecule has 3 nitrogen and oxygen atoms in total. The molecular formula is C16H16Cl2O3. The number of aliphatic hydroxyl groups excluding tert-OH is 1. The van der Waals surface area contributed by atoms with Crippen LogP contribution in [0.15, 0.2) is 36.4 Å². The highest BCUT2D eigenvalue weighted by Crippen LogP contribution is 2.40. The summed E-state index contributed by atoms with van der Waals surface area (Å²) in [6, 6.07) is 10.8. The van der Waals surface area contributed by atoms with Gasteiger partial charge in [-0.3, -0.25) is 0 Å². The van der Waals surface area contributed by atoms with E-state index in [0.29, 0.717) is 33.5 Å². The molecule has 0 aliphatic carbocycles. The molecule has 2 rings (SSSR count). The normalized spacial score (nSPS) is 12.0. The minimum absolute atomic E-state index is 0.350. The topological polar surface area (TPSA) is 38.7 Å². The molecule has 5 heteroatoms. The molecule has 112 valence electrons. The van der Waals surface area contributed by atoms with Crippen LogP contribution in [0.4, 0.5) is 0 Å². The van der Waals surface area contributed by atoms with Crippen molar-refractivity contribution in [1.29, 1.82) is 0 Å². The summed E-state index contributed by atoms with van der Waals surface area (Å²) >= 11 is 12.2. The number of ether oxygens (including phenoxy) is 2. The molecule has 2 aromatic rings. The van der Waals surface area contributed by atoms with Crippen LogP contribution in [0.2, 0.25) is 10.0 Å². The van der Waals surface area contributed by atoms with Gasteiger partial charge in [0.1, 0.15) is 16.5 Å². The first-order valence-corrected chi connectivity index (χ1v) is 7.15. The van der Waals surface area contributed by atoms with Crippen LogP contribution >= 0.6 is 23.2 Å². The Balaban J connectivity index is 2.30. The SMILES string of the molecule is COc1ccc(C(O)Cc2cccc(Cl)c2)c(OC)c1Cl. The van der Waals surface area contributed by atoms with Gasteiger partial charge in [-0.05, 0) is 29.8 Å². The molecule has 1 N–H and O–H groups in total. The van der Waals surface area contributed by atoms with Gasteiger partial charge in [-0.25, -0.2) is 0 Å². The Morgan fingerprint density at radius 3 is 2.48 bits per heavy atom. The van der Waals surface area contributed by atoms with Gasteiger partial charge in [-0.2, -0.15) is 0 Å². The van der Waals surface area contributed by atoms with Crippen molar-refractivity contribution >= 4 is 23.2 Å². The molecule has 1 unspecified atom stereocenters. The molecule has 1 atom stereocenters. The first-order valence-electron chi connectivity index (χ1n) is 6.39. The van der Waals surface area contributed by atoms with E-state index in [1.165, 1.54) is 14.2 Å². The predicted octanol–water partition coefficient (Wildman–Crippen LogP) is 4.29. The summed E-state index contributed by atoms with van der Waals surface area (Å²) in [5.74, 6) is 0.928. The average Bonchev–Trinajstić information content (AvgIpc) is 2.46. The fourth-order valence-electron chi connectivity index (χ4n) is 2.18. The van der Waals surface area contributed by atoms with E-state index in [2.05, 4.69) is 0 Å². The van der Waals surface area contributed by atoms with Crippen molar-refractivity contribution in [2.24, 2.45) is 0 Å². The van der Waals surface area contributed by atoms with Crippen molar-refractivity contribution in [2.45, 2.75) is 12.5 Å². The van der Waals surface area contributed by atoms with Gasteiger partial charge in [0.2, 0.25) is 0 Å². The third-order valence-corrected chi connectivity index (χ3v) is 3.79. The summed E-state index contributed by atoms with van der Waals surface area (Å²) in [5, 5.41) is 11.4. The van der Waals surface area contributed by atoms with Crippen LogP contribution in [0.3, 0.4) is 0 Å². The Morgan fingerprint density at radius 1 is 1.10 bits per heavy atom. The first-order chi connectivity index (χ1) is 10.1. The van der Waals surface area contributed by atoms with Crippen LogP contribution in [0.5, 0.6) is 11.5 Å². The third-order valence-electron chi connectivity index (χ3n) is 3.19. The lowest BCUT2D eigenvalue weighted by atomic mass is 10.0. The van der Waals surface area contributed by atoms with Crippen LogP contribution < -0.4 is 9.47 Å². The number of rotatable bonds is 5. The molecular weight excluding hydrogens is 311 g/mol.